The minimum Gasteiger partial charge on any atom is -0.481 e. The van der Waals surface area contributed by atoms with Gasteiger partial charge in [-0.1, -0.05) is 0 Å². The molecule has 0 aliphatic carbocycles. The summed E-state index contributed by atoms with van der Waals surface area (Å²) in [7, 11) is 0. The summed E-state index contributed by atoms with van der Waals surface area (Å²) in [4.78, 5) is 10.1. The summed E-state index contributed by atoms with van der Waals surface area (Å²) in [6.07, 6.45) is 2.25. The Morgan fingerprint density at radius 1 is 1.58 bits per heavy atom. The van der Waals surface area contributed by atoms with Crippen molar-refractivity contribution in [3.05, 3.63) is 0 Å². The van der Waals surface area contributed by atoms with Crippen LogP contribution in [-0.4, -0.2) is 35.2 Å². The van der Waals surface area contributed by atoms with Gasteiger partial charge in [-0.15, -0.1) is 0 Å². The van der Waals surface area contributed by atoms with Gasteiger partial charge in [0, 0.05) is 17.8 Å². The van der Waals surface area contributed by atoms with Crippen LogP contribution < -0.4 is 5.32 Å². The molecule has 72 valence electrons. The second kappa shape index (κ2) is 5.43. The predicted molar refractivity (Wildman–Crippen MR) is 52.7 cm³/mol. The number of aliphatic carboxylic acids is 1. The molecule has 4 heteroatoms. The minimum atomic E-state index is -0.746. The van der Waals surface area contributed by atoms with Gasteiger partial charge in [-0.2, -0.15) is 11.8 Å². The van der Waals surface area contributed by atoms with Gasteiger partial charge in [0.15, 0.2) is 0 Å². The minimum absolute atomic E-state index is 0.193. The SMILES string of the molecule is CSC(C)(C)CNCCC(=O)O. The molecule has 3 nitrogen and oxygen atoms in total. The maximum absolute atomic E-state index is 10.1. The van der Waals surface area contributed by atoms with Gasteiger partial charge in [0.05, 0.1) is 6.42 Å². The van der Waals surface area contributed by atoms with Gasteiger partial charge in [-0.05, 0) is 20.1 Å². The third kappa shape index (κ3) is 6.49. The van der Waals surface area contributed by atoms with E-state index in [9.17, 15) is 4.79 Å². The largest absolute Gasteiger partial charge is 0.481 e. The molecule has 0 heterocycles. The van der Waals surface area contributed by atoms with Crippen LogP contribution in [0.4, 0.5) is 0 Å². The van der Waals surface area contributed by atoms with Crippen molar-refractivity contribution in [2.45, 2.75) is 25.0 Å². The van der Waals surface area contributed by atoms with Crippen LogP contribution in [0.2, 0.25) is 0 Å². The summed E-state index contributed by atoms with van der Waals surface area (Å²) in [5, 5.41) is 11.5. The fourth-order valence-corrected chi connectivity index (χ4v) is 0.903. The molecule has 0 amide bonds. The number of thioether (sulfide) groups is 1. The van der Waals surface area contributed by atoms with Crippen molar-refractivity contribution in [2.24, 2.45) is 0 Å². The van der Waals surface area contributed by atoms with E-state index in [0.29, 0.717) is 6.54 Å². The lowest BCUT2D eigenvalue weighted by Gasteiger charge is -2.21. The maximum Gasteiger partial charge on any atom is 0.304 e. The van der Waals surface area contributed by atoms with E-state index in [1.54, 1.807) is 11.8 Å². The van der Waals surface area contributed by atoms with Crippen molar-refractivity contribution in [3.63, 3.8) is 0 Å². The lowest BCUT2D eigenvalue weighted by atomic mass is 10.2. The number of hydrogen-bond donors (Lipinski definition) is 2. The number of hydrogen-bond acceptors (Lipinski definition) is 3. The molecule has 0 bridgehead atoms. The molecule has 0 rings (SSSR count). The summed E-state index contributed by atoms with van der Waals surface area (Å²) in [5.41, 5.74) is 0. The van der Waals surface area contributed by atoms with E-state index in [0.717, 1.165) is 6.54 Å². The monoisotopic (exact) mass is 191 g/mol. The van der Waals surface area contributed by atoms with E-state index in [4.69, 9.17) is 5.11 Å². The molecule has 0 aromatic carbocycles. The van der Waals surface area contributed by atoms with Crippen LogP contribution in [0.3, 0.4) is 0 Å². The Labute approximate surface area is 77.9 Å². The molecule has 2 N–H and O–H groups in total. The average Bonchev–Trinajstić information content (AvgIpc) is 1.98. The van der Waals surface area contributed by atoms with Gasteiger partial charge >= 0.3 is 5.97 Å². The Balaban J connectivity index is 3.37. The molecule has 0 fully saturated rings. The van der Waals surface area contributed by atoms with E-state index in [1.807, 2.05) is 0 Å². The van der Waals surface area contributed by atoms with E-state index < -0.39 is 5.97 Å². The van der Waals surface area contributed by atoms with Crippen molar-refractivity contribution in [3.8, 4) is 0 Å². The van der Waals surface area contributed by atoms with Crippen LogP contribution in [0.25, 0.3) is 0 Å². The lowest BCUT2D eigenvalue weighted by Crippen LogP contribution is -2.33. The number of carboxylic acids is 1. The Hall–Kier alpha value is -0.220. The molecule has 0 aliphatic rings. The standard InChI is InChI=1S/C8H17NO2S/c1-8(2,12-3)6-9-5-4-7(10)11/h9H,4-6H2,1-3H3,(H,10,11). The zero-order valence-electron chi connectivity index (χ0n) is 7.89. The van der Waals surface area contributed by atoms with Gasteiger partial charge in [0.1, 0.15) is 0 Å². The third-order valence-electron chi connectivity index (χ3n) is 1.62. The van der Waals surface area contributed by atoms with Gasteiger partial charge in [0.25, 0.3) is 0 Å². The maximum atomic E-state index is 10.1. The normalized spacial score (nSPS) is 11.6. The Morgan fingerprint density at radius 2 is 2.17 bits per heavy atom. The topological polar surface area (TPSA) is 49.3 Å². The highest BCUT2D eigenvalue weighted by Crippen LogP contribution is 2.19. The van der Waals surface area contributed by atoms with Crippen molar-refractivity contribution < 1.29 is 9.90 Å². The zero-order chi connectivity index (χ0) is 9.61. The van der Waals surface area contributed by atoms with Crippen LogP contribution >= 0.6 is 11.8 Å². The number of carboxylic acid groups (broad SMARTS) is 1. The first-order valence-electron chi connectivity index (χ1n) is 3.95. The van der Waals surface area contributed by atoms with Crippen LogP contribution in [0.5, 0.6) is 0 Å². The van der Waals surface area contributed by atoms with Crippen molar-refractivity contribution in [1.82, 2.24) is 5.32 Å². The first-order chi connectivity index (χ1) is 5.48. The first kappa shape index (κ1) is 11.8. The van der Waals surface area contributed by atoms with Gasteiger partial charge in [0.2, 0.25) is 0 Å². The summed E-state index contributed by atoms with van der Waals surface area (Å²) < 4.78 is 0.193. The highest BCUT2D eigenvalue weighted by atomic mass is 32.2. The van der Waals surface area contributed by atoms with Crippen molar-refractivity contribution >= 4 is 17.7 Å². The Kier molecular flexibility index (Phi) is 5.33. The highest BCUT2D eigenvalue weighted by Gasteiger charge is 2.14. The summed E-state index contributed by atoms with van der Waals surface area (Å²) in [6.45, 7) is 5.66. The molecule has 0 spiro atoms. The fraction of sp³-hybridized carbons (Fsp3) is 0.875. The van der Waals surface area contributed by atoms with Crippen LogP contribution in [0.1, 0.15) is 20.3 Å². The molecular weight excluding hydrogens is 174 g/mol. The van der Waals surface area contributed by atoms with Crippen LogP contribution in [0, 0.1) is 0 Å². The predicted octanol–water partition coefficient (Wildman–Crippen LogP) is 1.19. The molecule has 0 aromatic heterocycles. The van der Waals surface area contributed by atoms with E-state index in [1.165, 1.54) is 0 Å². The molecule has 12 heavy (non-hydrogen) atoms. The number of rotatable bonds is 6. The smallest absolute Gasteiger partial charge is 0.304 e. The second-order valence-electron chi connectivity index (χ2n) is 3.28. The molecule has 0 aliphatic heterocycles. The van der Waals surface area contributed by atoms with Crippen molar-refractivity contribution in [2.75, 3.05) is 19.3 Å². The van der Waals surface area contributed by atoms with Crippen LogP contribution in [-0.2, 0) is 4.79 Å². The van der Waals surface area contributed by atoms with Gasteiger partial charge in [-0.3, -0.25) is 4.79 Å². The average molecular weight is 191 g/mol. The number of carbonyl (C=O) groups is 1. The van der Waals surface area contributed by atoms with Crippen LogP contribution in [0.15, 0.2) is 0 Å². The lowest BCUT2D eigenvalue weighted by molar-refractivity contribution is -0.136. The third-order valence-corrected chi connectivity index (χ3v) is 2.87. The second-order valence-corrected chi connectivity index (χ2v) is 4.80. The first-order valence-corrected chi connectivity index (χ1v) is 5.18. The fourth-order valence-electron chi connectivity index (χ4n) is 0.657. The Bertz CT molecular complexity index is 148. The molecule has 0 saturated carbocycles. The van der Waals surface area contributed by atoms with Gasteiger partial charge in [-0.25, -0.2) is 0 Å². The molecule has 0 aromatic rings. The quantitative estimate of drug-likeness (QED) is 0.619. The molecule has 0 radical (unpaired) electrons. The summed E-state index contributed by atoms with van der Waals surface area (Å²) in [5.74, 6) is -0.746. The molecular formula is C8H17NO2S. The molecule has 0 atom stereocenters. The molecule has 0 saturated heterocycles. The zero-order valence-corrected chi connectivity index (χ0v) is 8.70. The Morgan fingerprint density at radius 3 is 2.58 bits per heavy atom. The summed E-state index contributed by atoms with van der Waals surface area (Å²) >= 11 is 1.78. The number of nitrogens with one attached hydrogen (secondary N) is 1. The van der Waals surface area contributed by atoms with E-state index in [2.05, 4.69) is 25.4 Å². The molecule has 0 unspecified atom stereocenters. The van der Waals surface area contributed by atoms with E-state index >= 15 is 0 Å². The highest BCUT2D eigenvalue weighted by molar-refractivity contribution is 7.99. The van der Waals surface area contributed by atoms with E-state index in [-0.39, 0.29) is 11.2 Å². The van der Waals surface area contributed by atoms with Gasteiger partial charge < -0.3 is 10.4 Å². The van der Waals surface area contributed by atoms with Crippen molar-refractivity contribution in [1.29, 1.82) is 0 Å². The summed E-state index contributed by atoms with van der Waals surface area (Å²) in [6, 6.07) is 0.